The van der Waals surface area contributed by atoms with Gasteiger partial charge in [0.2, 0.25) is 0 Å². The molecule has 1 heterocycles. The Morgan fingerprint density at radius 1 is 0.283 bits per heavy atom. The molecule has 1 aromatic heterocycles. The van der Waals surface area contributed by atoms with Crippen LogP contribution in [0.25, 0.3) is 77.0 Å². The normalized spacial score (nSPS) is 10.6. The molecule has 46 heavy (non-hydrogen) atoms. The van der Waals surface area contributed by atoms with Gasteiger partial charge in [-0.05, 0) is 22.3 Å². The van der Waals surface area contributed by atoms with Crippen molar-refractivity contribution >= 4 is 11.4 Å². The Morgan fingerprint density at radius 3 is 0.804 bits per heavy atom. The number of hydrogen-bond acceptors (Lipinski definition) is 2. The van der Waals surface area contributed by atoms with Gasteiger partial charge in [0.25, 0.3) is 0 Å². The zero-order chi connectivity index (χ0) is 31.3. The Kier molecular flexibility index (Phi) is 7.68. The van der Waals surface area contributed by atoms with E-state index in [2.05, 4.69) is 82.5 Å². The van der Waals surface area contributed by atoms with Gasteiger partial charge >= 0.3 is 0 Å². The maximum atomic E-state index is 7.26. The second-order valence-electron chi connectivity index (χ2n) is 10.8. The quantitative estimate of drug-likeness (QED) is 0.182. The topological polar surface area (TPSA) is 34.5 Å². The molecule has 0 saturated carbocycles. The smallest absolute Gasteiger partial charge is 0.187 e. The van der Waals surface area contributed by atoms with Crippen LogP contribution in [-0.2, 0) is 0 Å². The lowest BCUT2D eigenvalue weighted by Gasteiger charge is -2.16. The van der Waals surface area contributed by atoms with Crippen molar-refractivity contribution in [1.82, 2.24) is 9.97 Å². The maximum absolute atomic E-state index is 7.26. The van der Waals surface area contributed by atoms with Crippen molar-refractivity contribution < 1.29 is 0 Å². The summed E-state index contributed by atoms with van der Waals surface area (Å²) in [6.45, 7) is 14.5. The largest absolute Gasteiger partial charge is 0.243 e. The fourth-order valence-corrected chi connectivity index (χ4v) is 5.53. The molecule has 214 valence electrons. The lowest BCUT2D eigenvalue weighted by molar-refractivity contribution is 1.21. The van der Waals surface area contributed by atoms with Gasteiger partial charge in [-0.2, -0.15) is 0 Å². The van der Waals surface area contributed by atoms with Crippen LogP contribution in [0.15, 0.2) is 158 Å². The van der Waals surface area contributed by atoms with E-state index in [-0.39, 0.29) is 0 Å². The molecule has 0 bridgehead atoms. The summed E-state index contributed by atoms with van der Waals surface area (Å²) in [4.78, 5) is 17.8. The second-order valence-corrected chi connectivity index (χ2v) is 10.8. The van der Waals surface area contributed by atoms with Gasteiger partial charge in [-0.25, -0.2) is 19.7 Å². The predicted molar refractivity (Wildman–Crippen MR) is 187 cm³/mol. The Bertz CT molecular complexity index is 2040. The molecule has 4 heteroatoms. The van der Waals surface area contributed by atoms with E-state index in [0.29, 0.717) is 11.4 Å². The van der Waals surface area contributed by atoms with E-state index in [1.54, 1.807) is 0 Å². The van der Waals surface area contributed by atoms with Crippen molar-refractivity contribution in [2.75, 3.05) is 0 Å². The minimum absolute atomic E-state index is 0.624. The average Bonchev–Trinajstić information content (AvgIpc) is 3.15. The van der Waals surface area contributed by atoms with Gasteiger partial charge in [0.1, 0.15) is 0 Å². The van der Waals surface area contributed by atoms with Crippen molar-refractivity contribution in [3.8, 4) is 67.3 Å². The van der Waals surface area contributed by atoms with Crippen molar-refractivity contribution in [1.29, 1.82) is 0 Å². The highest BCUT2D eigenvalue weighted by Gasteiger charge is 2.19. The van der Waals surface area contributed by atoms with Gasteiger partial charge in [0, 0.05) is 22.3 Å². The summed E-state index contributed by atoms with van der Waals surface area (Å²) in [7, 11) is 0. The average molecular weight is 587 g/mol. The van der Waals surface area contributed by atoms with Crippen molar-refractivity contribution in [2.45, 2.75) is 0 Å². The van der Waals surface area contributed by atoms with Crippen LogP contribution in [0.2, 0.25) is 0 Å². The molecule has 0 radical (unpaired) electrons. The number of benzene rings is 6. The highest BCUT2D eigenvalue weighted by Crippen LogP contribution is 2.38. The summed E-state index contributed by atoms with van der Waals surface area (Å²) in [5, 5.41) is 0. The molecule has 0 saturated heterocycles. The van der Waals surface area contributed by atoms with Crippen LogP contribution in [0.5, 0.6) is 0 Å². The van der Waals surface area contributed by atoms with Crippen LogP contribution in [0.4, 0.5) is 11.4 Å². The number of nitrogens with zero attached hydrogens (tertiary/aromatic N) is 4. The molecule has 0 aliphatic carbocycles. The maximum Gasteiger partial charge on any atom is 0.187 e. The molecule has 0 aliphatic rings. The molecule has 0 atom stereocenters. The van der Waals surface area contributed by atoms with Crippen LogP contribution in [0, 0.1) is 13.1 Å². The van der Waals surface area contributed by atoms with Gasteiger partial charge in [-0.3, -0.25) is 0 Å². The molecular formula is C42H26N4. The van der Waals surface area contributed by atoms with Gasteiger partial charge in [0.15, 0.2) is 11.4 Å². The summed E-state index contributed by atoms with van der Waals surface area (Å²) in [5.41, 5.74) is 12.6. The lowest BCUT2D eigenvalue weighted by Crippen LogP contribution is -2.01. The van der Waals surface area contributed by atoms with E-state index < -0.39 is 0 Å². The number of hydrogen-bond donors (Lipinski definition) is 0. The molecule has 7 aromatic rings. The zero-order valence-corrected chi connectivity index (χ0v) is 24.8. The molecule has 0 fully saturated rings. The third kappa shape index (κ3) is 5.67. The first-order valence-electron chi connectivity index (χ1n) is 14.9. The second kappa shape index (κ2) is 12.5. The van der Waals surface area contributed by atoms with E-state index >= 15 is 0 Å². The van der Waals surface area contributed by atoms with E-state index in [1.165, 1.54) is 0 Å². The van der Waals surface area contributed by atoms with Crippen molar-refractivity contribution in [3.05, 3.63) is 181 Å². The van der Waals surface area contributed by atoms with Gasteiger partial charge in [-0.1, -0.05) is 158 Å². The Labute approximate surface area is 268 Å². The van der Waals surface area contributed by atoms with Crippen LogP contribution in [0.3, 0.4) is 0 Å². The first-order valence-corrected chi connectivity index (χ1v) is 14.9. The molecule has 0 aliphatic heterocycles. The summed E-state index contributed by atoms with van der Waals surface area (Å²) >= 11 is 0. The molecule has 0 unspecified atom stereocenters. The third-order valence-corrected chi connectivity index (χ3v) is 7.97. The molecule has 0 N–H and O–H groups in total. The van der Waals surface area contributed by atoms with Gasteiger partial charge in [0.05, 0.1) is 35.9 Å². The Morgan fingerprint density at radius 2 is 0.522 bits per heavy atom. The first-order chi connectivity index (χ1) is 22.7. The van der Waals surface area contributed by atoms with Crippen molar-refractivity contribution in [2.24, 2.45) is 0 Å². The summed E-state index contributed by atoms with van der Waals surface area (Å²) in [5.74, 6) is 0. The van der Waals surface area contributed by atoms with E-state index in [1.807, 2.05) is 84.9 Å². The number of aromatic nitrogens is 2. The van der Waals surface area contributed by atoms with Gasteiger partial charge < -0.3 is 0 Å². The lowest BCUT2D eigenvalue weighted by atomic mass is 9.96. The summed E-state index contributed by atoms with van der Waals surface area (Å²) in [6.07, 6.45) is 0. The minimum Gasteiger partial charge on any atom is -0.243 e. The van der Waals surface area contributed by atoms with E-state index in [4.69, 9.17) is 23.1 Å². The molecule has 0 spiro atoms. The highest BCUT2D eigenvalue weighted by molar-refractivity contribution is 5.87. The monoisotopic (exact) mass is 586 g/mol. The Hall–Kier alpha value is -6.62. The summed E-state index contributed by atoms with van der Waals surface area (Å²) < 4.78 is 0. The summed E-state index contributed by atoms with van der Waals surface area (Å²) in [6, 6.07) is 52.4. The standard InChI is InChI=1S/C42H26N4/c1-43-37-25-21-31(22-26-37)29-13-17-35(18-14-29)41-42(36-19-15-30(16-20-36)32-23-27-38(44-2)28-24-32)46-40(34-11-7-4-8-12-34)39(45-41)33-9-5-3-6-10-33/h3-28H. The molecule has 6 aromatic carbocycles. The molecule has 4 nitrogen and oxygen atoms in total. The van der Waals surface area contributed by atoms with Gasteiger partial charge in [-0.15, -0.1) is 0 Å². The first kappa shape index (κ1) is 28.2. The minimum atomic E-state index is 0.624. The molecule has 0 amide bonds. The van der Waals surface area contributed by atoms with E-state index in [0.717, 1.165) is 67.3 Å². The van der Waals surface area contributed by atoms with Crippen LogP contribution >= 0.6 is 0 Å². The van der Waals surface area contributed by atoms with Crippen LogP contribution in [-0.4, -0.2) is 9.97 Å². The SMILES string of the molecule is [C-]#[N+]c1ccc(-c2ccc(-c3nc(-c4ccccc4)c(-c4ccccc4)nc3-c3ccc(-c4ccc([N+]#[C-])cc4)cc3)cc2)cc1. The van der Waals surface area contributed by atoms with Crippen LogP contribution in [0.1, 0.15) is 0 Å². The highest BCUT2D eigenvalue weighted by atomic mass is 14.9. The van der Waals surface area contributed by atoms with Crippen molar-refractivity contribution in [3.63, 3.8) is 0 Å². The predicted octanol–water partition coefficient (Wildman–Crippen LogP) is 11.6. The van der Waals surface area contributed by atoms with Crippen LogP contribution < -0.4 is 0 Å². The fraction of sp³-hybridized carbons (Fsp3) is 0. The fourth-order valence-electron chi connectivity index (χ4n) is 5.53. The Balaban J connectivity index is 1.39. The molecule has 7 rings (SSSR count). The van der Waals surface area contributed by atoms with E-state index in [9.17, 15) is 0 Å². The number of rotatable bonds is 6. The third-order valence-electron chi connectivity index (χ3n) is 7.97. The zero-order valence-electron chi connectivity index (χ0n) is 24.8. The molecular weight excluding hydrogens is 560 g/mol.